The second kappa shape index (κ2) is 9.56. The fraction of sp³-hybridized carbons (Fsp3) is 0.278. The van der Waals surface area contributed by atoms with Gasteiger partial charge in [-0.3, -0.25) is 4.79 Å². The molecule has 2 N–H and O–H groups in total. The minimum atomic E-state index is -3.65. The molecule has 0 aliphatic heterocycles. The van der Waals surface area contributed by atoms with Gasteiger partial charge in [0.15, 0.2) is 0 Å². The van der Waals surface area contributed by atoms with Gasteiger partial charge in [-0.15, -0.1) is 0 Å². The maximum Gasteiger partial charge on any atom is 0.240 e. The molecular formula is C18H21ClN2O4S. The van der Waals surface area contributed by atoms with E-state index in [9.17, 15) is 13.2 Å². The lowest BCUT2D eigenvalue weighted by atomic mass is 10.1. The van der Waals surface area contributed by atoms with Crippen LogP contribution in [0.1, 0.15) is 12.0 Å². The summed E-state index contributed by atoms with van der Waals surface area (Å²) in [5.74, 6) is 0.354. The number of methoxy groups -OCH3 is 1. The first-order valence-corrected chi connectivity index (χ1v) is 9.92. The molecule has 0 saturated heterocycles. The van der Waals surface area contributed by atoms with E-state index in [4.69, 9.17) is 16.3 Å². The fourth-order valence-electron chi connectivity index (χ4n) is 2.26. The Kier molecular flexibility index (Phi) is 7.44. The fourth-order valence-corrected chi connectivity index (χ4v) is 3.51. The number of carbonyl (C=O) groups is 1. The summed E-state index contributed by atoms with van der Waals surface area (Å²) < 4.78 is 31.7. The molecule has 2 aromatic rings. The molecule has 0 saturated carbocycles. The Hall–Kier alpha value is -2.09. The molecule has 0 fully saturated rings. The summed E-state index contributed by atoms with van der Waals surface area (Å²) in [7, 11) is -2.14. The summed E-state index contributed by atoms with van der Waals surface area (Å²) in [4.78, 5) is 11.9. The van der Waals surface area contributed by atoms with E-state index in [0.29, 0.717) is 23.7 Å². The highest BCUT2D eigenvalue weighted by molar-refractivity contribution is 7.89. The molecular weight excluding hydrogens is 376 g/mol. The molecule has 2 aromatic carbocycles. The quantitative estimate of drug-likeness (QED) is 0.681. The number of ether oxygens (including phenoxy) is 1. The van der Waals surface area contributed by atoms with Gasteiger partial charge < -0.3 is 10.1 Å². The van der Waals surface area contributed by atoms with Crippen molar-refractivity contribution >= 4 is 27.5 Å². The van der Waals surface area contributed by atoms with Crippen LogP contribution in [0.4, 0.5) is 0 Å². The SMILES string of the molecule is COc1ccc(S(=O)(=O)NCCC(=O)NCCc2cccc(Cl)c2)cc1. The molecule has 0 spiro atoms. The minimum absolute atomic E-state index is 0.0252. The zero-order chi connectivity index (χ0) is 19.0. The number of rotatable bonds is 9. The van der Waals surface area contributed by atoms with Crippen molar-refractivity contribution in [3.8, 4) is 5.75 Å². The first-order valence-electron chi connectivity index (χ1n) is 8.05. The van der Waals surface area contributed by atoms with Crippen LogP contribution in [0.25, 0.3) is 0 Å². The van der Waals surface area contributed by atoms with Crippen molar-refractivity contribution in [1.29, 1.82) is 0 Å². The highest BCUT2D eigenvalue weighted by Gasteiger charge is 2.14. The summed E-state index contributed by atoms with van der Waals surface area (Å²) in [6.07, 6.45) is 0.717. The van der Waals surface area contributed by atoms with Gasteiger partial charge in [0.05, 0.1) is 12.0 Å². The van der Waals surface area contributed by atoms with Crippen LogP contribution in [0, 0.1) is 0 Å². The summed E-state index contributed by atoms with van der Waals surface area (Å²) in [5, 5.41) is 3.41. The standard InChI is InChI=1S/C18H21ClN2O4S/c1-25-16-5-7-17(8-6-16)26(23,24)21-12-10-18(22)20-11-9-14-3-2-4-15(19)13-14/h2-8,13,21H,9-12H2,1H3,(H,20,22). The molecule has 0 aliphatic carbocycles. The molecule has 8 heteroatoms. The third kappa shape index (κ3) is 6.33. The van der Waals surface area contributed by atoms with E-state index in [-0.39, 0.29) is 23.8 Å². The van der Waals surface area contributed by atoms with Crippen molar-refractivity contribution in [2.75, 3.05) is 20.2 Å². The number of amides is 1. The molecule has 1 amide bonds. The third-order valence-corrected chi connectivity index (χ3v) is 5.35. The Balaban J connectivity index is 1.73. The zero-order valence-corrected chi connectivity index (χ0v) is 15.9. The van der Waals surface area contributed by atoms with Gasteiger partial charge in [0.2, 0.25) is 15.9 Å². The summed E-state index contributed by atoms with van der Waals surface area (Å²) in [6.45, 7) is 0.488. The van der Waals surface area contributed by atoms with Gasteiger partial charge in [-0.2, -0.15) is 0 Å². The summed E-state index contributed by atoms with van der Waals surface area (Å²) >= 11 is 5.91. The highest BCUT2D eigenvalue weighted by Crippen LogP contribution is 2.15. The van der Waals surface area contributed by atoms with Gasteiger partial charge in [0.1, 0.15) is 5.75 Å². The molecule has 0 aromatic heterocycles. The van der Waals surface area contributed by atoms with E-state index < -0.39 is 10.0 Å². The second-order valence-corrected chi connectivity index (χ2v) is 7.76. The summed E-state index contributed by atoms with van der Waals surface area (Å²) in [6, 6.07) is 13.5. The van der Waals surface area contributed by atoms with Crippen molar-refractivity contribution in [3.05, 3.63) is 59.1 Å². The van der Waals surface area contributed by atoms with E-state index in [2.05, 4.69) is 10.0 Å². The molecule has 26 heavy (non-hydrogen) atoms. The lowest BCUT2D eigenvalue weighted by molar-refractivity contribution is -0.120. The number of hydrogen-bond donors (Lipinski definition) is 2. The molecule has 0 heterocycles. The average Bonchev–Trinajstić information content (AvgIpc) is 2.62. The van der Waals surface area contributed by atoms with Gasteiger partial charge in [-0.05, 0) is 48.4 Å². The van der Waals surface area contributed by atoms with E-state index in [1.165, 1.54) is 19.2 Å². The number of benzene rings is 2. The van der Waals surface area contributed by atoms with Crippen LogP contribution < -0.4 is 14.8 Å². The normalized spacial score (nSPS) is 11.2. The third-order valence-electron chi connectivity index (χ3n) is 3.64. The Morgan fingerprint density at radius 1 is 1.12 bits per heavy atom. The number of hydrogen-bond acceptors (Lipinski definition) is 4. The van der Waals surface area contributed by atoms with Gasteiger partial charge in [0, 0.05) is 24.5 Å². The molecule has 140 valence electrons. The van der Waals surface area contributed by atoms with Crippen LogP contribution in [0.3, 0.4) is 0 Å². The Morgan fingerprint density at radius 3 is 2.50 bits per heavy atom. The van der Waals surface area contributed by atoms with Gasteiger partial charge in [0.25, 0.3) is 0 Å². The molecule has 2 rings (SSSR count). The van der Waals surface area contributed by atoms with Crippen LogP contribution >= 0.6 is 11.6 Å². The van der Waals surface area contributed by atoms with Crippen LogP contribution in [0.15, 0.2) is 53.4 Å². The monoisotopic (exact) mass is 396 g/mol. The van der Waals surface area contributed by atoms with Crippen LogP contribution in [0.2, 0.25) is 5.02 Å². The van der Waals surface area contributed by atoms with E-state index in [0.717, 1.165) is 5.56 Å². The molecule has 6 nitrogen and oxygen atoms in total. The second-order valence-electron chi connectivity index (χ2n) is 5.55. The smallest absolute Gasteiger partial charge is 0.240 e. The van der Waals surface area contributed by atoms with E-state index >= 15 is 0 Å². The number of halogens is 1. The summed E-state index contributed by atoms with van der Waals surface area (Å²) in [5.41, 5.74) is 1.03. The molecule has 0 unspecified atom stereocenters. The topological polar surface area (TPSA) is 84.5 Å². The van der Waals surface area contributed by atoms with E-state index in [1.54, 1.807) is 18.2 Å². The van der Waals surface area contributed by atoms with Gasteiger partial charge >= 0.3 is 0 Å². The zero-order valence-electron chi connectivity index (χ0n) is 14.4. The van der Waals surface area contributed by atoms with Gasteiger partial charge in [-0.1, -0.05) is 23.7 Å². The Labute approximate surface area is 158 Å². The first kappa shape index (κ1) is 20.2. The van der Waals surface area contributed by atoms with Crippen molar-refractivity contribution < 1.29 is 17.9 Å². The van der Waals surface area contributed by atoms with Crippen molar-refractivity contribution in [3.63, 3.8) is 0 Å². The molecule has 0 bridgehead atoms. The molecule has 0 radical (unpaired) electrons. The van der Waals surface area contributed by atoms with Crippen molar-refractivity contribution in [2.24, 2.45) is 0 Å². The molecule has 0 atom stereocenters. The molecule has 0 aliphatic rings. The highest BCUT2D eigenvalue weighted by atomic mass is 35.5. The predicted molar refractivity (Wildman–Crippen MR) is 101 cm³/mol. The Bertz CT molecular complexity index is 839. The number of sulfonamides is 1. The van der Waals surface area contributed by atoms with Crippen molar-refractivity contribution in [2.45, 2.75) is 17.7 Å². The number of nitrogens with one attached hydrogen (secondary N) is 2. The lowest BCUT2D eigenvalue weighted by Crippen LogP contribution is -2.31. The van der Waals surface area contributed by atoms with Crippen molar-refractivity contribution in [1.82, 2.24) is 10.0 Å². The van der Waals surface area contributed by atoms with Gasteiger partial charge in [-0.25, -0.2) is 13.1 Å². The largest absolute Gasteiger partial charge is 0.497 e. The van der Waals surface area contributed by atoms with Crippen LogP contribution in [-0.2, 0) is 21.2 Å². The first-order chi connectivity index (χ1) is 12.4. The minimum Gasteiger partial charge on any atom is -0.497 e. The van der Waals surface area contributed by atoms with Crippen LogP contribution in [0.5, 0.6) is 5.75 Å². The predicted octanol–water partition coefficient (Wildman–Crippen LogP) is 2.38. The maximum atomic E-state index is 12.1. The van der Waals surface area contributed by atoms with Crippen LogP contribution in [-0.4, -0.2) is 34.5 Å². The lowest BCUT2D eigenvalue weighted by Gasteiger charge is -2.08. The Morgan fingerprint density at radius 2 is 1.85 bits per heavy atom. The average molecular weight is 397 g/mol. The van der Waals surface area contributed by atoms with E-state index in [1.807, 2.05) is 18.2 Å². The maximum absolute atomic E-state index is 12.1. The number of carbonyl (C=O) groups excluding carboxylic acids is 1.